The van der Waals surface area contributed by atoms with Crippen molar-refractivity contribution in [3.8, 4) is 0 Å². The summed E-state index contributed by atoms with van der Waals surface area (Å²) in [6, 6.07) is 11.2. The first kappa shape index (κ1) is 22.1. The van der Waals surface area contributed by atoms with Crippen molar-refractivity contribution in [2.75, 3.05) is 21.1 Å². The largest absolute Gasteiger partial charge is 0.284 e. The van der Waals surface area contributed by atoms with Gasteiger partial charge in [0, 0.05) is 16.3 Å². The van der Waals surface area contributed by atoms with E-state index in [2.05, 4.69) is 15.2 Å². The number of hydrogen-bond acceptors (Lipinski definition) is 6. The number of hydrogen-bond donors (Lipinski definition) is 2. The molecular weight excluding hydrogens is 448 g/mol. The topological polar surface area (TPSA) is 108 Å². The Morgan fingerprint density at radius 3 is 2.60 bits per heavy atom. The number of rotatable bonds is 6. The lowest BCUT2D eigenvalue weighted by molar-refractivity contribution is -0.115. The van der Waals surface area contributed by atoms with Crippen molar-refractivity contribution in [1.29, 1.82) is 0 Å². The number of anilines is 2. The Bertz CT molecular complexity index is 1120. The third-order valence-electron chi connectivity index (χ3n) is 4.23. The van der Waals surface area contributed by atoms with E-state index in [1.165, 1.54) is 47.9 Å². The number of hydrazone groups is 1. The predicted octanol–water partition coefficient (Wildman–Crippen LogP) is 3.19. The van der Waals surface area contributed by atoms with Gasteiger partial charge in [-0.15, -0.1) is 5.10 Å². The smallest absolute Gasteiger partial charge is 0.271 e. The molecule has 2 aromatic rings. The van der Waals surface area contributed by atoms with E-state index in [0.29, 0.717) is 27.1 Å². The van der Waals surface area contributed by atoms with Crippen LogP contribution in [0.1, 0.15) is 22.8 Å². The second-order valence-electron chi connectivity index (χ2n) is 6.37. The molecule has 0 aromatic heterocycles. The number of carbonyl (C=O) groups is 2. The van der Waals surface area contributed by atoms with E-state index in [1.54, 1.807) is 18.2 Å². The number of nitrogens with zero attached hydrogens (tertiary/aromatic N) is 2. The van der Waals surface area contributed by atoms with Gasteiger partial charge in [0.05, 0.1) is 17.2 Å². The summed E-state index contributed by atoms with van der Waals surface area (Å²) in [5.41, 5.74) is 4.54. The van der Waals surface area contributed by atoms with E-state index < -0.39 is 15.9 Å². The third-order valence-corrected chi connectivity index (χ3v) is 6.70. The molecule has 1 fully saturated rings. The number of benzene rings is 2. The lowest BCUT2D eigenvalue weighted by Crippen LogP contribution is -2.32. The minimum atomic E-state index is -3.39. The van der Waals surface area contributed by atoms with Crippen LogP contribution >= 0.6 is 23.4 Å². The molecule has 1 aliphatic rings. The van der Waals surface area contributed by atoms with E-state index in [4.69, 9.17) is 11.6 Å². The highest BCUT2D eigenvalue weighted by Gasteiger charge is 2.31. The Morgan fingerprint density at radius 2 is 1.93 bits per heavy atom. The molecule has 0 bridgehead atoms. The SMILES string of the molecule is CCS(=O)(=O)Nc1ccc(C(=O)N/N=C2\SCC(=O)N2c2cc(Cl)ccc2C)cc1. The Balaban J connectivity index is 1.75. The average Bonchev–Trinajstić information content (AvgIpc) is 3.08. The summed E-state index contributed by atoms with van der Waals surface area (Å²) >= 11 is 7.27. The van der Waals surface area contributed by atoms with E-state index in [1.807, 2.05) is 6.92 Å². The number of carbonyl (C=O) groups excluding carboxylic acids is 2. The number of halogens is 1. The maximum Gasteiger partial charge on any atom is 0.271 e. The lowest BCUT2D eigenvalue weighted by Gasteiger charge is -2.18. The van der Waals surface area contributed by atoms with Gasteiger partial charge in [-0.3, -0.25) is 19.2 Å². The number of thioether (sulfide) groups is 1. The van der Waals surface area contributed by atoms with Crippen LogP contribution in [0.15, 0.2) is 47.6 Å². The normalized spacial score (nSPS) is 15.5. The number of nitrogens with one attached hydrogen (secondary N) is 2. The monoisotopic (exact) mass is 466 g/mol. The summed E-state index contributed by atoms with van der Waals surface area (Å²) in [5.74, 6) is -0.500. The van der Waals surface area contributed by atoms with E-state index in [0.717, 1.165) is 5.56 Å². The molecule has 0 saturated carbocycles. The van der Waals surface area contributed by atoms with Crippen molar-refractivity contribution in [2.24, 2.45) is 5.10 Å². The van der Waals surface area contributed by atoms with Gasteiger partial charge in [0.2, 0.25) is 15.9 Å². The number of amides is 2. The van der Waals surface area contributed by atoms with Gasteiger partial charge in [-0.1, -0.05) is 29.4 Å². The molecule has 11 heteroatoms. The van der Waals surface area contributed by atoms with Crippen molar-refractivity contribution in [2.45, 2.75) is 13.8 Å². The molecule has 158 valence electrons. The van der Waals surface area contributed by atoms with Crippen LogP contribution < -0.4 is 15.0 Å². The van der Waals surface area contributed by atoms with Crippen molar-refractivity contribution in [1.82, 2.24) is 5.43 Å². The summed E-state index contributed by atoms with van der Waals surface area (Å²) in [6.07, 6.45) is 0. The van der Waals surface area contributed by atoms with Crippen LogP contribution in [0.5, 0.6) is 0 Å². The fraction of sp³-hybridized carbons (Fsp3) is 0.211. The quantitative estimate of drug-likeness (QED) is 0.635. The molecule has 3 rings (SSSR count). The molecule has 0 radical (unpaired) electrons. The maximum atomic E-state index is 12.4. The first-order chi connectivity index (χ1) is 14.2. The Labute approximate surface area is 183 Å². The fourth-order valence-electron chi connectivity index (χ4n) is 2.61. The highest BCUT2D eigenvalue weighted by molar-refractivity contribution is 8.15. The summed E-state index contributed by atoms with van der Waals surface area (Å²) in [7, 11) is -3.39. The van der Waals surface area contributed by atoms with E-state index >= 15 is 0 Å². The Hall–Kier alpha value is -2.56. The summed E-state index contributed by atoms with van der Waals surface area (Å²) in [5, 5.41) is 4.93. The molecular formula is C19H19ClN4O4S2. The lowest BCUT2D eigenvalue weighted by atomic mass is 10.2. The van der Waals surface area contributed by atoms with Gasteiger partial charge >= 0.3 is 0 Å². The van der Waals surface area contributed by atoms with Crippen LogP contribution in [-0.4, -0.2) is 36.9 Å². The van der Waals surface area contributed by atoms with Crippen LogP contribution in [0, 0.1) is 6.92 Å². The molecule has 1 saturated heterocycles. The van der Waals surface area contributed by atoms with Crippen molar-refractivity contribution in [3.63, 3.8) is 0 Å². The van der Waals surface area contributed by atoms with Gasteiger partial charge in [0.15, 0.2) is 5.17 Å². The Kier molecular flexibility index (Phi) is 6.69. The molecule has 1 aliphatic heterocycles. The van der Waals surface area contributed by atoms with Crippen molar-refractivity contribution >= 4 is 61.7 Å². The molecule has 0 spiro atoms. The minimum Gasteiger partial charge on any atom is -0.284 e. The zero-order valence-corrected chi connectivity index (χ0v) is 18.6. The highest BCUT2D eigenvalue weighted by Crippen LogP contribution is 2.31. The molecule has 2 N–H and O–H groups in total. The summed E-state index contributed by atoms with van der Waals surface area (Å²) < 4.78 is 25.6. The Morgan fingerprint density at radius 1 is 1.23 bits per heavy atom. The van der Waals surface area contributed by atoms with E-state index in [9.17, 15) is 18.0 Å². The van der Waals surface area contributed by atoms with Crippen LogP contribution in [0.2, 0.25) is 5.02 Å². The zero-order valence-electron chi connectivity index (χ0n) is 16.2. The van der Waals surface area contributed by atoms with Crippen LogP contribution in [0.25, 0.3) is 0 Å². The average molecular weight is 467 g/mol. The summed E-state index contributed by atoms with van der Waals surface area (Å²) in [6.45, 7) is 3.38. The standard InChI is InChI=1S/C19H19ClN4O4S2/c1-3-30(27,28)23-15-8-5-13(6-9-15)18(26)21-22-19-24(17(25)11-29-19)16-10-14(20)7-4-12(16)2/h4-10,23H,3,11H2,1-2H3,(H,21,26)/b22-19-. The highest BCUT2D eigenvalue weighted by atomic mass is 35.5. The molecule has 8 nitrogen and oxygen atoms in total. The van der Waals surface area contributed by atoms with Crippen molar-refractivity contribution < 1.29 is 18.0 Å². The second-order valence-corrected chi connectivity index (χ2v) is 9.76. The molecule has 0 unspecified atom stereocenters. The fourth-order valence-corrected chi connectivity index (χ4v) is 4.24. The second kappa shape index (κ2) is 9.07. The zero-order chi connectivity index (χ0) is 21.9. The van der Waals surface area contributed by atoms with Crippen LogP contribution in [0.3, 0.4) is 0 Å². The number of amidine groups is 1. The van der Waals surface area contributed by atoms with Gasteiger partial charge in [-0.05, 0) is 55.8 Å². The molecule has 30 heavy (non-hydrogen) atoms. The predicted molar refractivity (Wildman–Crippen MR) is 121 cm³/mol. The van der Waals surface area contributed by atoms with Crippen molar-refractivity contribution in [3.05, 3.63) is 58.6 Å². The summed E-state index contributed by atoms with van der Waals surface area (Å²) in [4.78, 5) is 26.2. The maximum absolute atomic E-state index is 12.4. The molecule has 0 aliphatic carbocycles. The van der Waals surface area contributed by atoms with Gasteiger partial charge in [-0.2, -0.15) is 0 Å². The molecule has 2 aromatic carbocycles. The van der Waals surface area contributed by atoms with Crippen LogP contribution in [-0.2, 0) is 14.8 Å². The van der Waals surface area contributed by atoms with Gasteiger partial charge in [0.25, 0.3) is 5.91 Å². The first-order valence-electron chi connectivity index (χ1n) is 8.90. The third kappa shape index (κ3) is 5.13. The van der Waals surface area contributed by atoms with Gasteiger partial charge in [0.1, 0.15) is 0 Å². The van der Waals surface area contributed by atoms with Gasteiger partial charge < -0.3 is 0 Å². The van der Waals surface area contributed by atoms with Gasteiger partial charge in [-0.25, -0.2) is 13.8 Å². The van der Waals surface area contributed by atoms with Crippen LogP contribution in [0.4, 0.5) is 11.4 Å². The molecule has 0 atom stereocenters. The number of aryl methyl sites for hydroxylation is 1. The first-order valence-corrected chi connectivity index (χ1v) is 11.9. The molecule has 2 amide bonds. The minimum absolute atomic E-state index is 0.0499. The van der Waals surface area contributed by atoms with E-state index in [-0.39, 0.29) is 17.4 Å². The molecule has 1 heterocycles. The number of sulfonamides is 1.